The summed E-state index contributed by atoms with van der Waals surface area (Å²) in [6.45, 7) is 10.5. The Hall–Kier alpha value is -1.18. The quantitative estimate of drug-likeness (QED) is 0.390. The van der Waals surface area contributed by atoms with Gasteiger partial charge in [-0.05, 0) is 27.2 Å². The summed E-state index contributed by atoms with van der Waals surface area (Å²) >= 11 is 1.71. The van der Waals surface area contributed by atoms with Crippen LogP contribution in [0.5, 0.6) is 0 Å². The second-order valence-corrected chi connectivity index (χ2v) is 6.12. The van der Waals surface area contributed by atoms with Crippen LogP contribution in [-0.2, 0) is 16.0 Å². The molecule has 0 bridgehead atoms. The van der Waals surface area contributed by atoms with Gasteiger partial charge in [-0.2, -0.15) is 0 Å². The number of aryl methyl sites for hydroxylation is 2. The first-order valence-corrected chi connectivity index (χ1v) is 8.50. The Bertz CT molecular complexity index is 429. The van der Waals surface area contributed by atoms with Gasteiger partial charge in [0.15, 0.2) is 5.96 Å². The number of aromatic nitrogens is 1. The largest absolute Gasteiger partial charge is 0.382 e. The number of hydrogen-bond donors (Lipinski definition) is 2. The van der Waals surface area contributed by atoms with Crippen molar-refractivity contribution in [2.45, 2.75) is 33.7 Å². The van der Waals surface area contributed by atoms with Crippen LogP contribution in [0.1, 0.15) is 28.9 Å². The maximum atomic E-state index is 5.43. The van der Waals surface area contributed by atoms with Crippen molar-refractivity contribution in [3.8, 4) is 0 Å². The summed E-state index contributed by atoms with van der Waals surface area (Å²) in [5.74, 6) is 0.824. The molecule has 0 saturated carbocycles. The fraction of sp³-hybridized carbons (Fsp3) is 0.733. The second-order valence-electron chi connectivity index (χ2n) is 4.83. The zero-order valence-electron chi connectivity index (χ0n) is 14.1. The van der Waals surface area contributed by atoms with Crippen molar-refractivity contribution in [1.82, 2.24) is 15.6 Å². The summed E-state index contributed by atoms with van der Waals surface area (Å²) in [6, 6.07) is 0. The molecular formula is C15H28N4O2S. The third-order valence-electron chi connectivity index (χ3n) is 2.98. The molecule has 0 aliphatic carbocycles. The molecular weight excluding hydrogens is 300 g/mol. The summed E-state index contributed by atoms with van der Waals surface area (Å²) in [7, 11) is 1.68. The van der Waals surface area contributed by atoms with Crippen molar-refractivity contribution in [3.05, 3.63) is 15.6 Å². The van der Waals surface area contributed by atoms with E-state index in [9.17, 15) is 0 Å². The van der Waals surface area contributed by atoms with Crippen LogP contribution in [0, 0.1) is 13.8 Å². The topological polar surface area (TPSA) is 67.8 Å². The molecule has 0 aromatic carbocycles. The number of aliphatic imine (C=N–C) groups is 1. The van der Waals surface area contributed by atoms with E-state index in [4.69, 9.17) is 9.47 Å². The summed E-state index contributed by atoms with van der Waals surface area (Å²) < 4.78 is 10.4. The third-order valence-corrected chi connectivity index (χ3v) is 4.04. The molecule has 1 rings (SSSR count). The number of nitrogens with one attached hydrogen (secondary N) is 2. The number of guanidine groups is 1. The van der Waals surface area contributed by atoms with Crippen LogP contribution in [0.15, 0.2) is 4.99 Å². The van der Waals surface area contributed by atoms with E-state index in [0.717, 1.165) is 42.8 Å². The predicted molar refractivity (Wildman–Crippen MR) is 91.7 cm³/mol. The number of methoxy groups -OCH3 is 1. The Balaban J connectivity index is 2.29. The van der Waals surface area contributed by atoms with Crippen LogP contribution in [0.4, 0.5) is 0 Å². The van der Waals surface area contributed by atoms with Gasteiger partial charge < -0.3 is 20.1 Å². The lowest BCUT2D eigenvalue weighted by molar-refractivity contribution is 0.0698. The standard InChI is InChI=1S/C15H28N4O2S/c1-5-16-15(17-7-6-8-21-10-9-20-4)18-11-14-19-12(2)13(3)22-14/h5-11H2,1-4H3,(H2,16,17,18). The summed E-state index contributed by atoms with van der Waals surface area (Å²) in [6.07, 6.45) is 0.934. The van der Waals surface area contributed by atoms with Gasteiger partial charge in [-0.3, -0.25) is 0 Å². The zero-order valence-corrected chi connectivity index (χ0v) is 14.9. The Kier molecular flexibility index (Phi) is 9.77. The van der Waals surface area contributed by atoms with Gasteiger partial charge in [0.25, 0.3) is 0 Å². The maximum Gasteiger partial charge on any atom is 0.191 e. The van der Waals surface area contributed by atoms with Crippen molar-refractivity contribution in [2.24, 2.45) is 4.99 Å². The van der Waals surface area contributed by atoms with E-state index < -0.39 is 0 Å². The van der Waals surface area contributed by atoms with Gasteiger partial charge in [0, 0.05) is 31.7 Å². The Morgan fingerprint density at radius 2 is 2.05 bits per heavy atom. The minimum atomic E-state index is 0.610. The van der Waals surface area contributed by atoms with Crippen LogP contribution < -0.4 is 10.6 Å². The summed E-state index contributed by atoms with van der Waals surface area (Å²) in [5.41, 5.74) is 1.10. The first kappa shape index (κ1) is 18.9. The van der Waals surface area contributed by atoms with E-state index in [2.05, 4.69) is 34.5 Å². The van der Waals surface area contributed by atoms with E-state index in [1.165, 1.54) is 4.88 Å². The molecule has 6 nitrogen and oxygen atoms in total. The van der Waals surface area contributed by atoms with E-state index in [-0.39, 0.29) is 0 Å². The van der Waals surface area contributed by atoms with Gasteiger partial charge in [0.2, 0.25) is 0 Å². The van der Waals surface area contributed by atoms with Gasteiger partial charge in [0.05, 0.1) is 25.5 Å². The summed E-state index contributed by atoms with van der Waals surface area (Å²) in [5, 5.41) is 7.60. The number of nitrogens with zero attached hydrogens (tertiary/aromatic N) is 2. The molecule has 1 aromatic heterocycles. The van der Waals surface area contributed by atoms with Crippen LogP contribution in [-0.4, -0.2) is 51.0 Å². The highest BCUT2D eigenvalue weighted by Crippen LogP contribution is 2.16. The van der Waals surface area contributed by atoms with E-state index in [0.29, 0.717) is 19.8 Å². The molecule has 126 valence electrons. The molecule has 0 saturated heterocycles. The fourth-order valence-corrected chi connectivity index (χ4v) is 2.58. The van der Waals surface area contributed by atoms with Crippen molar-refractivity contribution < 1.29 is 9.47 Å². The van der Waals surface area contributed by atoms with Crippen LogP contribution in [0.3, 0.4) is 0 Å². The van der Waals surface area contributed by atoms with E-state index >= 15 is 0 Å². The second kappa shape index (κ2) is 11.4. The molecule has 1 aromatic rings. The molecule has 0 unspecified atom stereocenters. The van der Waals surface area contributed by atoms with Crippen molar-refractivity contribution >= 4 is 17.3 Å². The Morgan fingerprint density at radius 3 is 2.68 bits per heavy atom. The van der Waals surface area contributed by atoms with Crippen molar-refractivity contribution in [1.29, 1.82) is 0 Å². The van der Waals surface area contributed by atoms with Crippen LogP contribution in [0.25, 0.3) is 0 Å². The first-order chi connectivity index (χ1) is 10.7. The lowest BCUT2D eigenvalue weighted by atomic mass is 10.4. The molecule has 0 aliphatic heterocycles. The summed E-state index contributed by atoms with van der Waals surface area (Å²) in [4.78, 5) is 10.3. The normalized spacial score (nSPS) is 11.7. The van der Waals surface area contributed by atoms with Gasteiger partial charge in [-0.15, -0.1) is 11.3 Å². The first-order valence-electron chi connectivity index (χ1n) is 7.69. The highest BCUT2D eigenvalue weighted by atomic mass is 32.1. The van der Waals surface area contributed by atoms with Crippen LogP contribution >= 0.6 is 11.3 Å². The van der Waals surface area contributed by atoms with Crippen molar-refractivity contribution in [3.63, 3.8) is 0 Å². The predicted octanol–water partition coefficient (Wildman–Crippen LogP) is 1.87. The smallest absolute Gasteiger partial charge is 0.191 e. The Morgan fingerprint density at radius 1 is 1.23 bits per heavy atom. The molecule has 22 heavy (non-hydrogen) atoms. The highest BCUT2D eigenvalue weighted by molar-refractivity contribution is 7.11. The molecule has 7 heteroatoms. The van der Waals surface area contributed by atoms with E-state index in [1.807, 2.05) is 6.92 Å². The van der Waals surface area contributed by atoms with Gasteiger partial charge in [0.1, 0.15) is 5.01 Å². The lowest BCUT2D eigenvalue weighted by Crippen LogP contribution is -2.38. The average Bonchev–Trinajstić information content (AvgIpc) is 2.82. The number of thiazole rings is 1. The maximum absolute atomic E-state index is 5.43. The van der Waals surface area contributed by atoms with Gasteiger partial charge in [-0.1, -0.05) is 0 Å². The minimum Gasteiger partial charge on any atom is -0.382 e. The molecule has 0 aliphatic rings. The van der Waals surface area contributed by atoms with Gasteiger partial charge >= 0.3 is 0 Å². The molecule has 0 spiro atoms. The molecule has 0 amide bonds. The lowest BCUT2D eigenvalue weighted by Gasteiger charge is -2.11. The zero-order chi connectivity index (χ0) is 16.2. The van der Waals surface area contributed by atoms with Crippen molar-refractivity contribution in [2.75, 3.05) is 40.0 Å². The average molecular weight is 328 g/mol. The molecule has 0 fully saturated rings. The fourth-order valence-electron chi connectivity index (χ4n) is 1.72. The SMILES string of the molecule is CCNC(=NCc1nc(C)c(C)s1)NCCCOCCOC. The number of hydrogen-bond acceptors (Lipinski definition) is 5. The molecule has 0 atom stereocenters. The number of rotatable bonds is 10. The monoisotopic (exact) mass is 328 g/mol. The Labute approximate surface area is 137 Å². The molecule has 1 heterocycles. The third kappa shape index (κ3) is 7.72. The molecule has 2 N–H and O–H groups in total. The van der Waals surface area contributed by atoms with Gasteiger partial charge in [-0.25, -0.2) is 9.98 Å². The molecule has 0 radical (unpaired) electrons. The van der Waals surface area contributed by atoms with Crippen LogP contribution in [0.2, 0.25) is 0 Å². The van der Waals surface area contributed by atoms with E-state index in [1.54, 1.807) is 18.4 Å². The minimum absolute atomic E-state index is 0.610. The number of ether oxygens (including phenoxy) is 2. The highest BCUT2D eigenvalue weighted by Gasteiger charge is 2.03.